The average molecular weight is 254 g/mol. The molecule has 0 aliphatic heterocycles. The van der Waals surface area contributed by atoms with Crippen LogP contribution < -0.4 is 19.9 Å². The number of ether oxygens (including phenoxy) is 3. The molecule has 1 aromatic carbocycles. The highest BCUT2D eigenvalue weighted by atomic mass is 16.5. The van der Waals surface area contributed by atoms with E-state index in [2.05, 4.69) is 0 Å². The molecule has 2 N–H and O–H groups in total. The van der Waals surface area contributed by atoms with Crippen molar-refractivity contribution in [3.05, 3.63) is 17.7 Å². The summed E-state index contributed by atoms with van der Waals surface area (Å²) in [5, 5.41) is 0. The minimum absolute atomic E-state index is 0.529. The lowest BCUT2D eigenvalue weighted by Crippen LogP contribution is -2.27. The molecule has 102 valence electrons. The zero-order chi connectivity index (χ0) is 13.5. The lowest BCUT2D eigenvalue weighted by Gasteiger charge is -2.18. The molecule has 0 bridgehead atoms. The van der Waals surface area contributed by atoms with Gasteiger partial charge in [0.05, 0.1) is 21.3 Å². The quantitative estimate of drug-likeness (QED) is 0.738. The van der Waals surface area contributed by atoms with Crippen LogP contribution in [0.4, 0.5) is 0 Å². The van der Waals surface area contributed by atoms with Gasteiger partial charge >= 0.3 is 0 Å². The van der Waals surface area contributed by atoms with E-state index in [0.717, 1.165) is 35.8 Å². The van der Waals surface area contributed by atoms with Crippen molar-refractivity contribution in [2.24, 2.45) is 5.73 Å². The van der Waals surface area contributed by atoms with Gasteiger partial charge in [-0.25, -0.2) is 0 Å². The molecule has 0 saturated carbocycles. The second-order valence-corrected chi connectivity index (χ2v) is 4.02. The van der Waals surface area contributed by atoms with Gasteiger partial charge in [0.15, 0.2) is 0 Å². The molecule has 0 heterocycles. The van der Waals surface area contributed by atoms with Crippen molar-refractivity contribution in [1.82, 2.24) is 4.90 Å². The molecule has 0 aliphatic carbocycles. The maximum atomic E-state index is 5.57. The van der Waals surface area contributed by atoms with Crippen LogP contribution in [-0.2, 0) is 6.42 Å². The van der Waals surface area contributed by atoms with E-state index < -0.39 is 0 Å². The number of methoxy groups -OCH3 is 3. The number of hydrogen-bond donors (Lipinski definition) is 1. The van der Waals surface area contributed by atoms with Crippen LogP contribution in [0.5, 0.6) is 17.2 Å². The first-order valence-corrected chi connectivity index (χ1v) is 5.83. The molecule has 0 aromatic heterocycles. The molecule has 0 atom stereocenters. The standard InChI is InChI=1S/C13H22N2O3/c1-15(9-14)6-5-11-12(17-3)7-10(16-2)8-13(11)18-4/h7-8H,5-6,9,14H2,1-4H3. The predicted octanol–water partition coefficient (Wildman–Crippen LogP) is 1.10. The largest absolute Gasteiger partial charge is 0.496 e. The number of benzene rings is 1. The van der Waals surface area contributed by atoms with E-state index in [-0.39, 0.29) is 0 Å². The third kappa shape index (κ3) is 3.51. The van der Waals surface area contributed by atoms with Gasteiger partial charge in [-0.05, 0) is 13.5 Å². The van der Waals surface area contributed by atoms with Gasteiger partial charge in [-0.3, -0.25) is 4.90 Å². The van der Waals surface area contributed by atoms with Crippen LogP contribution in [0, 0.1) is 0 Å². The van der Waals surface area contributed by atoms with Crippen LogP contribution in [-0.4, -0.2) is 46.5 Å². The smallest absolute Gasteiger partial charge is 0.129 e. The molecule has 18 heavy (non-hydrogen) atoms. The maximum absolute atomic E-state index is 5.57. The number of likely N-dealkylation sites (N-methyl/N-ethyl adjacent to an activating group) is 1. The molecule has 5 nitrogen and oxygen atoms in total. The summed E-state index contributed by atoms with van der Waals surface area (Å²) < 4.78 is 16.0. The second-order valence-electron chi connectivity index (χ2n) is 4.02. The minimum atomic E-state index is 0.529. The van der Waals surface area contributed by atoms with E-state index in [4.69, 9.17) is 19.9 Å². The van der Waals surface area contributed by atoms with Gasteiger partial charge in [-0.15, -0.1) is 0 Å². The summed E-state index contributed by atoms with van der Waals surface area (Å²) >= 11 is 0. The molecule has 1 rings (SSSR count). The first-order valence-electron chi connectivity index (χ1n) is 5.83. The molecule has 5 heteroatoms. The molecular formula is C13H22N2O3. The molecule has 0 fully saturated rings. The SMILES string of the molecule is COc1cc(OC)c(CCN(C)CN)c(OC)c1. The third-order valence-electron chi connectivity index (χ3n) is 2.87. The Morgan fingerprint density at radius 2 is 1.61 bits per heavy atom. The summed E-state index contributed by atoms with van der Waals surface area (Å²) in [6.07, 6.45) is 0.810. The third-order valence-corrected chi connectivity index (χ3v) is 2.87. The first-order chi connectivity index (χ1) is 8.65. The molecule has 0 unspecified atom stereocenters. The Morgan fingerprint density at radius 3 is 2.00 bits per heavy atom. The summed E-state index contributed by atoms with van der Waals surface area (Å²) in [4.78, 5) is 2.03. The minimum Gasteiger partial charge on any atom is -0.496 e. The lowest BCUT2D eigenvalue weighted by atomic mass is 10.1. The summed E-state index contributed by atoms with van der Waals surface area (Å²) in [5.41, 5.74) is 6.60. The van der Waals surface area contributed by atoms with E-state index >= 15 is 0 Å². The summed E-state index contributed by atoms with van der Waals surface area (Å²) in [5.74, 6) is 2.27. The maximum Gasteiger partial charge on any atom is 0.129 e. The molecule has 1 aromatic rings. The zero-order valence-corrected chi connectivity index (χ0v) is 11.5. The van der Waals surface area contributed by atoms with Crippen LogP contribution in [0.2, 0.25) is 0 Å². The molecule has 0 spiro atoms. The molecule has 0 radical (unpaired) electrons. The van der Waals surface area contributed by atoms with Crippen LogP contribution in [0.1, 0.15) is 5.56 Å². The number of nitrogens with two attached hydrogens (primary N) is 1. The van der Waals surface area contributed by atoms with Gasteiger partial charge < -0.3 is 19.9 Å². The fourth-order valence-corrected chi connectivity index (χ4v) is 1.72. The molecule has 0 amide bonds. The van der Waals surface area contributed by atoms with Crippen molar-refractivity contribution in [3.63, 3.8) is 0 Å². The van der Waals surface area contributed by atoms with Crippen molar-refractivity contribution in [3.8, 4) is 17.2 Å². The summed E-state index contributed by atoms with van der Waals surface area (Å²) in [6.45, 7) is 1.37. The molecular weight excluding hydrogens is 232 g/mol. The van der Waals surface area contributed by atoms with Gasteiger partial charge in [0.25, 0.3) is 0 Å². The average Bonchev–Trinajstić information content (AvgIpc) is 2.43. The fourth-order valence-electron chi connectivity index (χ4n) is 1.72. The highest BCUT2D eigenvalue weighted by Crippen LogP contribution is 2.34. The van der Waals surface area contributed by atoms with E-state index in [9.17, 15) is 0 Å². The highest BCUT2D eigenvalue weighted by molar-refractivity contribution is 5.50. The van der Waals surface area contributed by atoms with E-state index in [0.29, 0.717) is 6.67 Å². The zero-order valence-electron chi connectivity index (χ0n) is 11.5. The van der Waals surface area contributed by atoms with Gasteiger partial charge in [0.2, 0.25) is 0 Å². The number of nitrogens with zero attached hydrogens (tertiary/aromatic N) is 1. The Kier molecular flexibility index (Phi) is 5.74. The Bertz CT molecular complexity index is 357. The molecule has 0 aliphatic rings. The van der Waals surface area contributed by atoms with E-state index in [1.165, 1.54) is 0 Å². The normalized spacial score (nSPS) is 10.6. The number of hydrogen-bond acceptors (Lipinski definition) is 5. The topological polar surface area (TPSA) is 57.0 Å². The molecule has 0 saturated heterocycles. The van der Waals surface area contributed by atoms with Crippen molar-refractivity contribution >= 4 is 0 Å². The van der Waals surface area contributed by atoms with Crippen LogP contribution >= 0.6 is 0 Å². The van der Waals surface area contributed by atoms with Crippen LogP contribution in [0.3, 0.4) is 0 Å². The van der Waals surface area contributed by atoms with Gasteiger partial charge in [0, 0.05) is 30.9 Å². The Morgan fingerprint density at radius 1 is 1.06 bits per heavy atom. The summed E-state index contributed by atoms with van der Waals surface area (Å²) in [6, 6.07) is 3.72. The van der Waals surface area contributed by atoms with Gasteiger partial charge in [-0.2, -0.15) is 0 Å². The summed E-state index contributed by atoms with van der Waals surface area (Å²) in [7, 11) is 6.88. The van der Waals surface area contributed by atoms with Gasteiger partial charge in [0.1, 0.15) is 17.2 Å². The fraction of sp³-hybridized carbons (Fsp3) is 0.538. The van der Waals surface area contributed by atoms with Crippen LogP contribution in [0.15, 0.2) is 12.1 Å². The number of rotatable bonds is 7. The van der Waals surface area contributed by atoms with Crippen LogP contribution in [0.25, 0.3) is 0 Å². The van der Waals surface area contributed by atoms with Crippen molar-refractivity contribution in [2.45, 2.75) is 6.42 Å². The Balaban J connectivity index is 2.99. The second kappa shape index (κ2) is 7.08. The monoisotopic (exact) mass is 254 g/mol. The van der Waals surface area contributed by atoms with Crippen molar-refractivity contribution < 1.29 is 14.2 Å². The predicted molar refractivity (Wildman–Crippen MR) is 71.5 cm³/mol. The highest BCUT2D eigenvalue weighted by Gasteiger charge is 2.13. The lowest BCUT2D eigenvalue weighted by molar-refractivity contribution is 0.335. The Hall–Kier alpha value is -1.46. The van der Waals surface area contributed by atoms with Crippen molar-refractivity contribution in [2.75, 3.05) is 41.6 Å². The van der Waals surface area contributed by atoms with E-state index in [1.807, 2.05) is 24.1 Å². The van der Waals surface area contributed by atoms with Crippen molar-refractivity contribution in [1.29, 1.82) is 0 Å². The first kappa shape index (κ1) is 14.6. The van der Waals surface area contributed by atoms with E-state index in [1.54, 1.807) is 21.3 Å². The Labute approximate surface area is 108 Å². The van der Waals surface area contributed by atoms with Gasteiger partial charge in [-0.1, -0.05) is 0 Å².